The molecule has 0 bridgehead atoms. The molecule has 0 saturated carbocycles. The molecule has 1 atom stereocenters. The topological polar surface area (TPSA) is 69.0 Å². The zero-order chi connectivity index (χ0) is 24.6. The molecule has 6 nitrogen and oxygen atoms in total. The van der Waals surface area contributed by atoms with Crippen LogP contribution in [0.25, 0.3) is 5.69 Å². The third-order valence-electron chi connectivity index (χ3n) is 5.70. The largest absolute Gasteiger partial charge is 0.497 e. The molecule has 0 saturated heterocycles. The Labute approximate surface area is 210 Å². The van der Waals surface area contributed by atoms with E-state index in [1.54, 1.807) is 18.9 Å². The summed E-state index contributed by atoms with van der Waals surface area (Å²) in [4.78, 5) is 12.7. The maximum absolute atomic E-state index is 12.7. The number of methoxy groups -OCH3 is 1. The molecule has 1 N–H and O–H groups in total. The van der Waals surface area contributed by atoms with Gasteiger partial charge in [-0.05, 0) is 55.7 Å². The summed E-state index contributed by atoms with van der Waals surface area (Å²) < 4.78 is 7.38. The highest BCUT2D eigenvalue weighted by atomic mass is 32.2. The van der Waals surface area contributed by atoms with Crippen molar-refractivity contribution in [2.75, 3.05) is 7.11 Å². The van der Waals surface area contributed by atoms with E-state index in [1.807, 2.05) is 60.0 Å². The fourth-order valence-corrected chi connectivity index (χ4v) is 4.68. The van der Waals surface area contributed by atoms with Crippen LogP contribution in [0, 0.1) is 6.92 Å². The van der Waals surface area contributed by atoms with Crippen molar-refractivity contribution in [3.63, 3.8) is 0 Å². The number of carbonyl (C=O) groups is 1. The number of carbonyl (C=O) groups excluding carboxylic acids is 1. The van der Waals surface area contributed by atoms with E-state index in [1.165, 1.54) is 5.56 Å². The SMILES string of the molecule is COc1cccc(CSc2nnc(C(C)NC(=O)CCc3ccccc3)n2-c2ccc(C)cc2)c1. The molecule has 0 fully saturated rings. The van der Waals surface area contributed by atoms with Crippen LogP contribution in [0.15, 0.2) is 84.0 Å². The summed E-state index contributed by atoms with van der Waals surface area (Å²) in [6, 6.07) is 26.0. The number of aryl methyl sites for hydroxylation is 2. The lowest BCUT2D eigenvalue weighted by atomic mass is 10.1. The summed E-state index contributed by atoms with van der Waals surface area (Å²) in [6.07, 6.45) is 1.12. The molecule has 7 heteroatoms. The number of rotatable bonds is 10. The summed E-state index contributed by atoms with van der Waals surface area (Å²) in [5.41, 5.74) is 4.43. The zero-order valence-electron chi connectivity index (χ0n) is 20.3. The van der Waals surface area contributed by atoms with Gasteiger partial charge in [-0.25, -0.2) is 0 Å². The van der Waals surface area contributed by atoms with Gasteiger partial charge in [0.25, 0.3) is 0 Å². The third-order valence-corrected chi connectivity index (χ3v) is 6.70. The Kier molecular flexibility index (Phi) is 8.21. The van der Waals surface area contributed by atoms with Crippen molar-refractivity contribution in [2.45, 2.75) is 43.6 Å². The van der Waals surface area contributed by atoms with Gasteiger partial charge in [-0.15, -0.1) is 10.2 Å². The van der Waals surface area contributed by atoms with Gasteiger partial charge in [0.2, 0.25) is 5.91 Å². The molecule has 0 radical (unpaired) electrons. The van der Waals surface area contributed by atoms with Crippen molar-refractivity contribution in [2.24, 2.45) is 0 Å². The van der Waals surface area contributed by atoms with Gasteiger partial charge in [0.15, 0.2) is 11.0 Å². The lowest BCUT2D eigenvalue weighted by Crippen LogP contribution is -2.28. The van der Waals surface area contributed by atoms with Crippen LogP contribution in [0.2, 0.25) is 0 Å². The predicted octanol–water partition coefficient (Wildman–Crippen LogP) is 5.69. The van der Waals surface area contributed by atoms with E-state index in [4.69, 9.17) is 4.74 Å². The lowest BCUT2D eigenvalue weighted by Gasteiger charge is -2.16. The molecule has 3 aromatic carbocycles. The highest BCUT2D eigenvalue weighted by Gasteiger charge is 2.21. The van der Waals surface area contributed by atoms with E-state index < -0.39 is 0 Å². The maximum Gasteiger partial charge on any atom is 0.220 e. The predicted molar refractivity (Wildman–Crippen MR) is 140 cm³/mol. The van der Waals surface area contributed by atoms with E-state index in [-0.39, 0.29) is 11.9 Å². The number of benzene rings is 3. The van der Waals surface area contributed by atoms with E-state index >= 15 is 0 Å². The molecule has 1 amide bonds. The van der Waals surface area contributed by atoms with Crippen LogP contribution < -0.4 is 10.1 Å². The van der Waals surface area contributed by atoms with Crippen LogP contribution in [-0.4, -0.2) is 27.8 Å². The van der Waals surface area contributed by atoms with Crippen LogP contribution in [-0.2, 0) is 17.0 Å². The van der Waals surface area contributed by atoms with Gasteiger partial charge >= 0.3 is 0 Å². The Morgan fingerprint density at radius 3 is 2.49 bits per heavy atom. The fourth-order valence-electron chi connectivity index (χ4n) is 3.78. The summed E-state index contributed by atoms with van der Waals surface area (Å²) in [7, 11) is 1.67. The third kappa shape index (κ3) is 6.51. The molecule has 1 heterocycles. The standard InChI is InChI=1S/C28H30N4O2S/c1-20-12-15-24(16-13-20)32-27(21(2)29-26(33)17-14-22-8-5-4-6-9-22)30-31-28(32)35-19-23-10-7-11-25(18-23)34-3/h4-13,15-16,18,21H,14,17,19H2,1-3H3,(H,29,33). The van der Waals surface area contributed by atoms with Crippen molar-refractivity contribution in [1.82, 2.24) is 20.1 Å². The Bertz CT molecular complexity index is 1260. The molecule has 4 rings (SSSR count). The van der Waals surface area contributed by atoms with Crippen molar-refractivity contribution in [3.05, 3.63) is 101 Å². The van der Waals surface area contributed by atoms with Gasteiger partial charge in [-0.1, -0.05) is 71.9 Å². The second kappa shape index (κ2) is 11.7. The average molecular weight is 487 g/mol. The maximum atomic E-state index is 12.7. The van der Waals surface area contributed by atoms with Gasteiger partial charge in [0.1, 0.15) is 5.75 Å². The fraction of sp³-hybridized carbons (Fsp3) is 0.250. The molecular formula is C28H30N4O2S. The first-order valence-corrected chi connectivity index (χ1v) is 12.6. The van der Waals surface area contributed by atoms with Gasteiger partial charge in [-0.2, -0.15) is 0 Å². The molecule has 0 aliphatic carbocycles. The van der Waals surface area contributed by atoms with Crippen molar-refractivity contribution in [3.8, 4) is 11.4 Å². The van der Waals surface area contributed by atoms with Crippen LogP contribution >= 0.6 is 11.8 Å². The number of amides is 1. The highest BCUT2D eigenvalue weighted by Crippen LogP contribution is 2.28. The molecule has 180 valence electrons. The number of hydrogen-bond acceptors (Lipinski definition) is 5. The second-order valence-corrected chi connectivity index (χ2v) is 9.37. The average Bonchev–Trinajstić information content (AvgIpc) is 3.31. The van der Waals surface area contributed by atoms with Crippen molar-refractivity contribution >= 4 is 17.7 Å². The highest BCUT2D eigenvalue weighted by molar-refractivity contribution is 7.98. The number of ether oxygens (including phenoxy) is 1. The minimum absolute atomic E-state index is 0.00890. The van der Waals surface area contributed by atoms with E-state index in [2.05, 4.69) is 52.8 Å². The summed E-state index contributed by atoms with van der Waals surface area (Å²) in [5.74, 6) is 2.25. The molecule has 0 spiro atoms. The molecule has 35 heavy (non-hydrogen) atoms. The van der Waals surface area contributed by atoms with Gasteiger partial charge in [0, 0.05) is 17.9 Å². The Hall–Kier alpha value is -3.58. The molecule has 0 aliphatic rings. The van der Waals surface area contributed by atoms with Gasteiger partial charge in [-0.3, -0.25) is 9.36 Å². The molecular weight excluding hydrogens is 456 g/mol. The Morgan fingerprint density at radius 2 is 1.74 bits per heavy atom. The van der Waals surface area contributed by atoms with Gasteiger partial charge in [0.05, 0.1) is 13.2 Å². The molecule has 1 aromatic heterocycles. The monoisotopic (exact) mass is 486 g/mol. The van der Waals surface area contributed by atoms with Crippen molar-refractivity contribution < 1.29 is 9.53 Å². The summed E-state index contributed by atoms with van der Waals surface area (Å²) in [6.45, 7) is 4.01. The first kappa shape index (κ1) is 24.5. The van der Waals surface area contributed by atoms with E-state index in [9.17, 15) is 4.79 Å². The zero-order valence-corrected chi connectivity index (χ0v) is 21.1. The van der Waals surface area contributed by atoms with E-state index in [0.29, 0.717) is 18.7 Å². The smallest absolute Gasteiger partial charge is 0.220 e. The number of hydrogen-bond donors (Lipinski definition) is 1. The number of aromatic nitrogens is 3. The lowest BCUT2D eigenvalue weighted by molar-refractivity contribution is -0.121. The van der Waals surface area contributed by atoms with Crippen LogP contribution in [0.1, 0.15) is 41.9 Å². The number of nitrogens with one attached hydrogen (secondary N) is 1. The second-order valence-electron chi connectivity index (χ2n) is 8.43. The van der Waals surface area contributed by atoms with Crippen LogP contribution in [0.5, 0.6) is 5.75 Å². The van der Waals surface area contributed by atoms with Crippen molar-refractivity contribution in [1.29, 1.82) is 0 Å². The van der Waals surface area contributed by atoms with Gasteiger partial charge < -0.3 is 10.1 Å². The number of nitrogens with zero attached hydrogens (tertiary/aromatic N) is 3. The minimum atomic E-state index is -0.293. The first-order chi connectivity index (χ1) is 17.0. The quantitative estimate of drug-likeness (QED) is 0.292. The molecule has 0 aliphatic heterocycles. The molecule has 1 unspecified atom stereocenters. The molecule has 4 aromatic rings. The normalized spacial score (nSPS) is 11.7. The van der Waals surface area contributed by atoms with Crippen LogP contribution in [0.4, 0.5) is 0 Å². The van der Waals surface area contributed by atoms with Crippen LogP contribution in [0.3, 0.4) is 0 Å². The summed E-state index contributed by atoms with van der Waals surface area (Å²) >= 11 is 1.60. The first-order valence-electron chi connectivity index (χ1n) is 11.6. The minimum Gasteiger partial charge on any atom is -0.497 e. The number of thioether (sulfide) groups is 1. The Morgan fingerprint density at radius 1 is 1.00 bits per heavy atom. The van der Waals surface area contributed by atoms with E-state index in [0.717, 1.165) is 33.5 Å². The summed E-state index contributed by atoms with van der Waals surface area (Å²) in [5, 5.41) is 12.9. The Balaban J connectivity index is 1.52.